The van der Waals surface area contributed by atoms with Gasteiger partial charge in [-0.2, -0.15) is 0 Å². The summed E-state index contributed by atoms with van der Waals surface area (Å²) in [7, 11) is 0. The largest absolute Gasteiger partial charge is 0.245 e. The lowest BCUT2D eigenvalue weighted by atomic mass is 9.90. The second kappa shape index (κ2) is 4.25. The molecule has 0 aliphatic rings. The Bertz CT molecular complexity index is 329. The van der Waals surface area contributed by atoms with E-state index in [1.807, 2.05) is 11.3 Å². The van der Waals surface area contributed by atoms with Crippen LogP contribution in [0, 0.1) is 0 Å². The highest BCUT2D eigenvalue weighted by molar-refractivity contribution is 7.12. The third-order valence-corrected chi connectivity index (χ3v) is 4.19. The van der Waals surface area contributed by atoms with Crippen molar-refractivity contribution in [2.75, 3.05) is 0 Å². The molecule has 0 aliphatic heterocycles. The van der Waals surface area contributed by atoms with Gasteiger partial charge in [-0.25, -0.2) is 4.98 Å². The Hall–Kier alpha value is -0.370. The molecule has 0 saturated heterocycles. The quantitative estimate of drug-likeness (QED) is 0.711. The van der Waals surface area contributed by atoms with Crippen molar-refractivity contribution in [2.24, 2.45) is 0 Å². The van der Waals surface area contributed by atoms with Crippen LogP contribution in [0.1, 0.15) is 75.9 Å². The monoisotopic (exact) mass is 225 g/mol. The number of nitrogens with zero attached hydrogens (tertiary/aromatic N) is 1. The molecule has 1 aromatic rings. The number of hydrogen-bond donors (Lipinski definition) is 0. The van der Waals surface area contributed by atoms with Crippen LogP contribution in [0.25, 0.3) is 0 Å². The molecule has 0 atom stereocenters. The molecule has 15 heavy (non-hydrogen) atoms. The predicted molar refractivity (Wildman–Crippen MR) is 69.0 cm³/mol. The SMILES string of the molecule is CC(C)c1nc(C(C)C)c(C(C)(C)C)s1. The summed E-state index contributed by atoms with van der Waals surface area (Å²) >= 11 is 1.89. The van der Waals surface area contributed by atoms with Crippen LogP contribution in [0.15, 0.2) is 0 Å². The first-order valence-corrected chi connectivity index (χ1v) is 6.56. The molecule has 0 unspecified atom stereocenters. The van der Waals surface area contributed by atoms with Crippen molar-refractivity contribution >= 4 is 11.3 Å². The van der Waals surface area contributed by atoms with Gasteiger partial charge in [-0.05, 0) is 11.3 Å². The van der Waals surface area contributed by atoms with E-state index in [0.717, 1.165) is 0 Å². The van der Waals surface area contributed by atoms with Crippen LogP contribution in [0.4, 0.5) is 0 Å². The first-order valence-electron chi connectivity index (χ1n) is 5.74. The molecule has 0 N–H and O–H groups in total. The van der Waals surface area contributed by atoms with E-state index in [2.05, 4.69) is 48.5 Å². The Labute approximate surface area is 97.9 Å². The first-order chi connectivity index (χ1) is 6.73. The van der Waals surface area contributed by atoms with Crippen molar-refractivity contribution in [1.29, 1.82) is 0 Å². The van der Waals surface area contributed by atoms with Crippen molar-refractivity contribution < 1.29 is 0 Å². The molecule has 0 amide bonds. The summed E-state index contributed by atoms with van der Waals surface area (Å²) in [6.45, 7) is 15.7. The average molecular weight is 225 g/mol. The van der Waals surface area contributed by atoms with E-state index in [0.29, 0.717) is 11.8 Å². The summed E-state index contributed by atoms with van der Waals surface area (Å²) in [5.74, 6) is 1.08. The fourth-order valence-electron chi connectivity index (χ4n) is 1.52. The van der Waals surface area contributed by atoms with E-state index in [-0.39, 0.29) is 5.41 Å². The van der Waals surface area contributed by atoms with Gasteiger partial charge in [0.15, 0.2) is 0 Å². The molecule has 2 heteroatoms. The van der Waals surface area contributed by atoms with Gasteiger partial charge in [0.25, 0.3) is 0 Å². The van der Waals surface area contributed by atoms with Gasteiger partial charge in [-0.1, -0.05) is 48.5 Å². The van der Waals surface area contributed by atoms with Crippen LogP contribution < -0.4 is 0 Å². The maximum Gasteiger partial charge on any atom is 0.0956 e. The second-order valence-corrected chi connectivity index (χ2v) is 6.86. The average Bonchev–Trinajstić information content (AvgIpc) is 2.45. The Kier molecular flexibility index (Phi) is 3.59. The van der Waals surface area contributed by atoms with Gasteiger partial charge in [-0.15, -0.1) is 11.3 Å². The molecule has 86 valence electrons. The molecule has 1 nitrogen and oxygen atoms in total. The smallest absolute Gasteiger partial charge is 0.0956 e. The van der Waals surface area contributed by atoms with E-state index < -0.39 is 0 Å². The standard InChI is InChI=1S/C13H23NS/c1-8(2)10-11(13(5,6)7)15-12(14-10)9(3)4/h8-9H,1-7H3. The predicted octanol–water partition coefficient (Wildman–Crippen LogP) is 4.69. The molecule has 0 spiro atoms. The Morgan fingerprint density at radius 3 is 1.80 bits per heavy atom. The van der Waals surface area contributed by atoms with Gasteiger partial charge in [-0.3, -0.25) is 0 Å². The van der Waals surface area contributed by atoms with Gasteiger partial charge in [0.2, 0.25) is 0 Å². The molecule has 0 aromatic carbocycles. The highest BCUT2D eigenvalue weighted by Gasteiger charge is 2.24. The minimum Gasteiger partial charge on any atom is -0.245 e. The number of aromatic nitrogens is 1. The van der Waals surface area contributed by atoms with Gasteiger partial charge in [0, 0.05) is 10.8 Å². The molecule has 1 rings (SSSR count). The van der Waals surface area contributed by atoms with Gasteiger partial charge < -0.3 is 0 Å². The highest BCUT2D eigenvalue weighted by Crippen LogP contribution is 2.37. The number of rotatable bonds is 2. The molecule has 0 fully saturated rings. The molecule has 0 bridgehead atoms. The Morgan fingerprint density at radius 2 is 1.53 bits per heavy atom. The number of hydrogen-bond acceptors (Lipinski definition) is 2. The van der Waals surface area contributed by atoms with Crippen molar-refractivity contribution in [1.82, 2.24) is 4.98 Å². The lowest BCUT2D eigenvalue weighted by molar-refractivity contribution is 0.587. The molecular weight excluding hydrogens is 202 g/mol. The van der Waals surface area contributed by atoms with Crippen molar-refractivity contribution in [3.8, 4) is 0 Å². The van der Waals surface area contributed by atoms with Crippen LogP contribution in [0.2, 0.25) is 0 Å². The van der Waals surface area contributed by atoms with E-state index in [1.165, 1.54) is 15.6 Å². The van der Waals surface area contributed by atoms with Crippen molar-refractivity contribution in [3.63, 3.8) is 0 Å². The summed E-state index contributed by atoms with van der Waals surface area (Å²) in [6, 6.07) is 0. The first kappa shape index (κ1) is 12.7. The fourth-order valence-corrected chi connectivity index (χ4v) is 2.81. The Morgan fingerprint density at radius 1 is 1.00 bits per heavy atom. The van der Waals surface area contributed by atoms with Gasteiger partial charge >= 0.3 is 0 Å². The third-order valence-electron chi connectivity index (χ3n) is 2.39. The molecule has 1 aromatic heterocycles. The van der Waals surface area contributed by atoms with Crippen molar-refractivity contribution in [2.45, 2.75) is 65.7 Å². The summed E-state index contributed by atoms with van der Waals surface area (Å²) < 4.78 is 0. The summed E-state index contributed by atoms with van der Waals surface area (Å²) in [5, 5.41) is 1.28. The van der Waals surface area contributed by atoms with Crippen LogP contribution in [-0.2, 0) is 5.41 Å². The van der Waals surface area contributed by atoms with Gasteiger partial charge in [0.1, 0.15) is 0 Å². The zero-order valence-corrected chi connectivity index (χ0v) is 11.8. The van der Waals surface area contributed by atoms with E-state index in [4.69, 9.17) is 4.98 Å². The highest BCUT2D eigenvalue weighted by atomic mass is 32.1. The normalized spacial score (nSPS) is 12.9. The van der Waals surface area contributed by atoms with E-state index >= 15 is 0 Å². The van der Waals surface area contributed by atoms with Crippen LogP contribution in [0.3, 0.4) is 0 Å². The Balaban J connectivity index is 3.24. The minimum atomic E-state index is 0.227. The molecule has 0 saturated carbocycles. The molecule has 1 heterocycles. The van der Waals surface area contributed by atoms with E-state index in [1.54, 1.807) is 0 Å². The second-order valence-electron chi connectivity index (χ2n) is 5.83. The topological polar surface area (TPSA) is 12.9 Å². The van der Waals surface area contributed by atoms with E-state index in [9.17, 15) is 0 Å². The fraction of sp³-hybridized carbons (Fsp3) is 0.769. The van der Waals surface area contributed by atoms with Crippen LogP contribution in [0.5, 0.6) is 0 Å². The zero-order chi connectivity index (χ0) is 11.8. The van der Waals surface area contributed by atoms with Gasteiger partial charge in [0.05, 0.1) is 10.7 Å². The van der Waals surface area contributed by atoms with Crippen molar-refractivity contribution in [3.05, 3.63) is 15.6 Å². The molecular formula is C13H23NS. The lowest BCUT2D eigenvalue weighted by Gasteiger charge is -2.19. The van der Waals surface area contributed by atoms with Crippen LogP contribution in [-0.4, -0.2) is 4.98 Å². The number of thiazole rings is 1. The molecule has 0 radical (unpaired) electrons. The lowest BCUT2D eigenvalue weighted by Crippen LogP contribution is -2.12. The summed E-state index contributed by atoms with van der Waals surface area (Å²) in [6.07, 6.45) is 0. The summed E-state index contributed by atoms with van der Waals surface area (Å²) in [4.78, 5) is 6.25. The summed E-state index contributed by atoms with van der Waals surface area (Å²) in [5.41, 5.74) is 1.53. The third kappa shape index (κ3) is 2.81. The molecule has 0 aliphatic carbocycles. The maximum atomic E-state index is 4.79. The van der Waals surface area contributed by atoms with Crippen LogP contribution >= 0.6 is 11.3 Å². The zero-order valence-electron chi connectivity index (χ0n) is 11.0. The minimum absolute atomic E-state index is 0.227. The maximum absolute atomic E-state index is 4.79.